The maximum absolute atomic E-state index is 12.7. The predicted octanol–water partition coefficient (Wildman–Crippen LogP) is 1.76. The van der Waals surface area contributed by atoms with Crippen molar-refractivity contribution in [1.82, 2.24) is 20.8 Å². The van der Waals surface area contributed by atoms with Crippen molar-refractivity contribution in [1.29, 1.82) is 0 Å². The zero-order valence-electron chi connectivity index (χ0n) is 13.4. The topological polar surface area (TPSA) is 86.9 Å². The fourth-order valence-electron chi connectivity index (χ4n) is 3.10. The monoisotopic (exact) mass is 336 g/mol. The number of nitrogens with zero attached hydrogens (tertiary/aromatic N) is 1. The molecule has 1 atom stereocenters. The minimum atomic E-state index is -3.34. The van der Waals surface area contributed by atoms with Gasteiger partial charge in [0.25, 0.3) is 0 Å². The lowest BCUT2D eigenvalue weighted by molar-refractivity contribution is 0.432. The van der Waals surface area contributed by atoms with Crippen LogP contribution >= 0.6 is 0 Å². The molecule has 1 aromatic heterocycles. The molecule has 0 spiro atoms. The average Bonchev–Trinajstić information content (AvgIpc) is 3.01. The second-order valence-electron chi connectivity index (χ2n) is 6.03. The number of sulfone groups is 1. The molecule has 2 heterocycles. The van der Waals surface area contributed by atoms with Gasteiger partial charge in [-0.1, -0.05) is 31.9 Å². The van der Waals surface area contributed by atoms with Crippen LogP contribution in [0.2, 0.25) is 0 Å². The van der Waals surface area contributed by atoms with Gasteiger partial charge in [0.05, 0.1) is 11.3 Å². The molecule has 1 fully saturated rings. The maximum Gasteiger partial charge on any atom is 0.195 e. The van der Waals surface area contributed by atoms with E-state index in [0.29, 0.717) is 11.9 Å². The number of hydrogen-bond acceptors (Lipinski definition) is 5. The van der Waals surface area contributed by atoms with Crippen LogP contribution in [0.5, 0.6) is 0 Å². The van der Waals surface area contributed by atoms with Crippen LogP contribution in [0.15, 0.2) is 23.2 Å². The summed E-state index contributed by atoms with van der Waals surface area (Å²) in [5, 5.41) is 14.8. The molecule has 1 aliphatic heterocycles. The highest BCUT2D eigenvalue weighted by Crippen LogP contribution is 2.29. The van der Waals surface area contributed by atoms with Gasteiger partial charge in [-0.25, -0.2) is 8.42 Å². The first-order chi connectivity index (χ1) is 11.1. The zero-order chi connectivity index (χ0) is 16.3. The molecular formula is C16H24N4O2S. The lowest BCUT2D eigenvalue weighted by Crippen LogP contribution is -2.42. The first-order valence-electron chi connectivity index (χ1n) is 8.27. The highest BCUT2D eigenvalue weighted by Gasteiger charge is 2.25. The summed E-state index contributed by atoms with van der Waals surface area (Å²) in [5.74, 6) is 0.169. The average molecular weight is 336 g/mol. The van der Waals surface area contributed by atoms with Crippen molar-refractivity contribution in [2.24, 2.45) is 0 Å². The number of aromatic nitrogens is 2. The number of aromatic amines is 1. The molecule has 0 amide bonds. The minimum Gasteiger partial charge on any atom is -0.314 e. The Labute approximate surface area is 137 Å². The molecule has 1 saturated heterocycles. The Kier molecular flexibility index (Phi) is 4.99. The zero-order valence-corrected chi connectivity index (χ0v) is 14.2. The summed E-state index contributed by atoms with van der Waals surface area (Å²) < 4.78 is 25.4. The summed E-state index contributed by atoms with van der Waals surface area (Å²) >= 11 is 0. The molecule has 3 rings (SSSR count). The molecule has 0 aliphatic carbocycles. The third-order valence-corrected chi connectivity index (χ3v) is 6.07. The molecule has 23 heavy (non-hydrogen) atoms. The largest absolute Gasteiger partial charge is 0.314 e. The number of piperazine rings is 1. The number of benzene rings is 1. The van der Waals surface area contributed by atoms with Gasteiger partial charge in [-0.3, -0.25) is 5.10 Å². The number of fused-ring (bicyclic) bond motifs is 1. The minimum absolute atomic E-state index is 0.106. The van der Waals surface area contributed by atoms with E-state index in [2.05, 4.69) is 27.8 Å². The molecule has 126 valence electrons. The van der Waals surface area contributed by atoms with Gasteiger partial charge in [0.15, 0.2) is 14.9 Å². The Balaban J connectivity index is 2.01. The standard InChI is InChI=1S/C16H24N4O2S/c1-2-3-4-10-23(21,22)16-15-12(14-11-17-8-9-18-14)6-5-7-13(15)19-20-16/h5-7,14,17-18H,2-4,8-11H2,1H3,(H,19,20). The van der Waals surface area contributed by atoms with Gasteiger partial charge in [0.1, 0.15) is 0 Å². The van der Waals surface area contributed by atoms with Gasteiger partial charge in [0, 0.05) is 31.1 Å². The third kappa shape index (κ3) is 3.41. The van der Waals surface area contributed by atoms with Crippen molar-refractivity contribution in [3.63, 3.8) is 0 Å². The molecule has 7 heteroatoms. The van der Waals surface area contributed by atoms with Crippen molar-refractivity contribution in [2.75, 3.05) is 25.4 Å². The smallest absolute Gasteiger partial charge is 0.195 e. The Morgan fingerprint density at radius 3 is 2.87 bits per heavy atom. The van der Waals surface area contributed by atoms with Gasteiger partial charge >= 0.3 is 0 Å². The van der Waals surface area contributed by atoms with Crippen LogP contribution in [-0.4, -0.2) is 44.0 Å². The normalized spacial score (nSPS) is 19.3. The summed E-state index contributed by atoms with van der Waals surface area (Å²) in [6.45, 7) is 4.66. The van der Waals surface area contributed by atoms with Gasteiger partial charge in [0.2, 0.25) is 0 Å². The van der Waals surface area contributed by atoms with Crippen molar-refractivity contribution < 1.29 is 8.42 Å². The highest BCUT2D eigenvalue weighted by atomic mass is 32.2. The molecule has 1 aromatic carbocycles. The van der Waals surface area contributed by atoms with Gasteiger partial charge in [-0.05, 0) is 18.1 Å². The second kappa shape index (κ2) is 6.98. The molecule has 0 bridgehead atoms. The van der Waals surface area contributed by atoms with E-state index in [4.69, 9.17) is 0 Å². The number of hydrogen-bond donors (Lipinski definition) is 3. The van der Waals surface area contributed by atoms with Crippen LogP contribution in [0.25, 0.3) is 10.9 Å². The molecule has 2 aromatic rings. The van der Waals surface area contributed by atoms with Crippen LogP contribution in [0, 0.1) is 0 Å². The molecule has 0 radical (unpaired) electrons. The summed E-state index contributed by atoms with van der Waals surface area (Å²) in [5.41, 5.74) is 1.71. The molecule has 0 saturated carbocycles. The SMILES string of the molecule is CCCCCS(=O)(=O)c1[nH]nc2cccc(C3CNCCN3)c12. The lowest BCUT2D eigenvalue weighted by atomic mass is 10.0. The van der Waals surface area contributed by atoms with E-state index in [1.54, 1.807) is 0 Å². The summed E-state index contributed by atoms with van der Waals surface area (Å²) in [7, 11) is -3.34. The fraction of sp³-hybridized carbons (Fsp3) is 0.562. The van der Waals surface area contributed by atoms with E-state index in [-0.39, 0.29) is 16.8 Å². The first kappa shape index (κ1) is 16.4. The number of unbranched alkanes of at least 4 members (excludes halogenated alkanes) is 2. The van der Waals surface area contributed by atoms with Crippen LogP contribution in [0.1, 0.15) is 37.8 Å². The maximum atomic E-state index is 12.7. The van der Waals surface area contributed by atoms with Crippen LogP contribution in [0.4, 0.5) is 0 Å². The van der Waals surface area contributed by atoms with Crippen LogP contribution in [-0.2, 0) is 9.84 Å². The Hall–Kier alpha value is -1.44. The Bertz CT molecular complexity index is 763. The van der Waals surface area contributed by atoms with Crippen molar-refractivity contribution in [2.45, 2.75) is 37.3 Å². The lowest BCUT2D eigenvalue weighted by Gasteiger charge is -2.25. The van der Waals surface area contributed by atoms with Crippen LogP contribution in [0.3, 0.4) is 0 Å². The molecular weight excluding hydrogens is 312 g/mol. The van der Waals surface area contributed by atoms with Crippen molar-refractivity contribution in [3.05, 3.63) is 23.8 Å². The molecule has 6 nitrogen and oxygen atoms in total. The molecule has 1 aliphatic rings. The van der Waals surface area contributed by atoms with Crippen LogP contribution < -0.4 is 10.6 Å². The summed E-state index contributed by atoms with van der Waals surface area (Å²) in [4.78, 5) is 0. The van der Waals surface area contributed by atoms with Crippen molar-refractivity contribution >= 4 is 20.7 Å². The van der Waals surface area contributed by atoms with Gasteiger partial charge < -0.3 is 10.6 Å². The Morgan fingerprint density at radius 2 is 2.13 bits per heavy atom. The summed E-state index contributed by atoms with van der Waals surface area (Å²) in [6.07, 6.45) is 2.61. The number of rotatable bonds is 6. The van der Waals surface area contributed by atoms with Gasteiger partial charge in [-0.2, -0.15) is 5.10 Å². The van der Waals surface area contributed by atoms with Crippen molar-refractivity contribution in [3.8, 4) is 0 Å². The quantitative estimate of drug-likeness (QED) is 0.700. The van der Waals surface area contributed by atoms with E-state index >= 15 is 0 Å². The highest BCUT2D eigenvalue weighted by molar-refractivity contribution is 7.91. The fourth-order valence-corrected chi connectivity index (χ4v) is 4.60. The van der Waals surface area contributed by atoms with E-state index < -0.39 is 9.84 Å². The molecule has 1 unspecified atom stereocenters. The summed E-state index contributed by atoms with van der Waals surface area (Å²) in [6, 6.07) is 5.89. The van der Waals surface area contributed by atoms with E-state index in [9.17, 15) is 8.42 Å². The predicted molar refractivity (Wildman–Crippen MR) is 91.3 cm³/mol. The van der Waals surface area contributed by atoms with Gasteiger partial charge in [-0.15, -0.1) is 0 Å². The van der Waals surface area contributed by atoms with E-state index in [0.717, 1.165) is 43.4 Å². The molecule has 3 N–H and O–H groups in total. The third-order valence-electron chi connectivity index (χ3n) is 4.32. The van der Waals surface area contributed by atoms with E-state index in [1.165, 1.54) is 0 Å². The first-order valence-corrected chi connectivity index (χ1v) is 9.92. The second-order valence-corrected chi connectivity index (χ2v) is 8.08. The Morgan fingerprint density at radius 1 is 1.26 bits per heavy atom. The number of nitrogens with one attached hydrogen (secondary N) is 3. The number of H-pyrrole nitrogens is 1. The van der Waals surface area contributed by atoms with E-state index in [1.807, 2.05) is 18.2 Å².